The third-order valence-electron chi connectivity index (χ3n) is 3.85. The van der Waals surface area contributed by atoms with Crippen molar-refractivity contribution in [2.24, 2.45) is 5.92 Å². The molecule has 2 fully saturated rings. The fourth-order valence-electron chi connectivity index (χ4n) is 2.52. The zero-order valence-corrected chi connectivity index (χ0v) is 13.0. The molecule has 2 aliphatic heterocycles. The van der Waals surface area contributed by atoms with Crippen molar-refractivity contribution in [2.75, 3.05) is 6.61 Å². The van der Waals surface area contributed by atoms with E-state index in [9.17, 15) is 4.79 Å². The van der Waals surface area contributed by atoms with Crippen molar-refractivity contribution < 1.29 is 19.0 Å². The molecule has 0 aromatic carbocycles. The van der Waals surface area contributed by atoms with Crippen LogP contribution in [0.3, 0.4) is 0 Å². The molecule has 0 bridgehead atoms. The minimum absolute atomic E-state index is 0.0460. The van der Waals surface area contributed by atoms with Crippen molar-refractivity contribution in [3.63, 3.8) is 0 Å². The van der Waals surface area contributed by atoms with Gasteiger partial charge >= 0.3 is 5.97 Å². The van der Waals surface area contributed by atoms with E-state index in [-0.39, 0.29) is 24.3 Å². The average Bonchev–Trinajstić information content (AvgIpc) is 3.28. The van der Waals surface area contributed by atoms with Crippen LogP contribution in [0.1, 0.15) is 59.3 Å². The standard InChI is InChI=1S/C16H28O4/c1-4-5-6-7-8-9-12-13(19-12)14-15(20-14)16(17)18-10-11(2)3/h11-15H,4-10H2,1-3H3. The Kier molecular flexibility index (Phi) is 5.85. The molecule has 2 saturated heterocycles. The molecule has 0 saturated carbocycles. The third-order valence-corrected chi connectivity index (χ3v) is 3.85. The maximum Gasteiger partial charge on any atom is 0.338 e. The fraction of sp³-hybridized carbons (Fsp3) is 0.938. The second kappa shape index (κ2) is 7.41. The summed E-state index contributed by atoms with van der Waals surface area (Å²) >= 11 is 0. The first-order valence-corrected chi connectivity index (χ1v) is 8.11. The van der Waals surface area contributed by atoms with Gasteiger partial charge in [0.05, 0.1) is 12.7 Å². The molecule has 2 aliphatic rings. The molecule has 0 N–H and O–H groups in total. The first-order chi connectivity index (χ1) is 9.63. The van der Waals surface area contributed by atoms with Gasteiger partial charge in [-0.1, -0.05) is 52.9 Å². The molecular formula is C16H28O4. The highest BCUT2D eigenvalue weighted by Gasteiger charge is 2.60. The molecule has 116 valence electrons. The van der Waals surface area contributed by atoms with Gasteiger partial charge in [0.1, 0.15) is 12.2 Å². The highest BCUT2D eigenvalue weighted by Crippen LogP contribution is 2.41. The summed E-state index contributed by atoms with van der Waals surface area (Å²) < 4.78 is 16.2. The topological polar surface area (TPSA) is 51.4 Å². The number of unbranched alkanes of at least 4 members (excludes halogenated alkanes) is 4. The van der Waals surface area contributed by atoms with Crippen LogP contribution < -0.4 is 0 Å². The van der Waals surface area contributed by atoms with E-state index in [4.69, 9.17) is 14.2 Å². The van der Waals surface area contributed by atoms with Gasteiger partial charge in [-0.2, -0.15) is 0 Å². The van der Waals surface area contributed by atoms with E-state index in [2.05, 4.69) is 6.92 Å². The van der Waals surface area contributed by atoms with Crippen LogP contribution >= 0.6 is 0 Å². The maximum absolute atomic E-state index is 11.7. The lowest BCUT2D eigenvalue weighted by Crippen LogP contribution is -2.19. The van der Waals surface area contributed by atoms with Gasteiger partial charge in [-0.3, -0.25) is 0 Å². The van der Waals surface area contributed by atoms with Gasteiger partial charge in [-0.05, 0) is 12.3 Å². The van der Waals surface area contributed by atoms with Crippen molar-refractivity contribution in [1.82, 2.24) is 0 Å². The summed E-state index contributed by atoms with van der Waals surface area (Å²) in [4.78, 5) is 11.7. The molecular weight excluding hydrogens is 256 g/mol. The summed E-state index contributed by atoms with van der Waals surface area (Å²) in [7, 11) is 0. The Balaban J connectivity index is 1.53. The Morgan fingerprint density at radius 3 is 2.55 bits per heavy atom. The molecule has 2 rings (SSSR count). The van der Waals surface area contributed by atoms with Crippen LogP contribution in [0.25, 0.3) is 0 Å². The van der Waals surface area contributed by atoms with Crippen molar-refractivity contribution in [3.05, 3.63) is 0 Å². The van der Waals surface area contributed by atoms with E-state index in [1.807, 2.05) is 13.8 Å². The summed E-state index contributed by atoms with van der Waals surface area (Å²) in [5.74, 6) is 0.144. The van der Waals surface area contributed by atoms with Crippen molar-refractivity contribution in [3.8, 4) is 0 Å². The SMILES string of the molecule is CCCCCCCC1OC1C1OC1C(=O)OCC(C)C. The fourth-order valence-corrected chi connectivity index (χ4v) is 2.52. The minimum Gasteiger partial charge on any atom is -0.463 e. The Morgan fingerprint density at radius 2 is 1.85 bits per heavy atom. The zero-order valence-electron chi connectivity index (χ0n) is 13.0. The molecule has 0 aliphatic carbocycles. The summed E-state index contributed by atoms with van der Waals surface area (Å²) in [6, 6.07) is 0. The highest BCUT2D eigenvalue weighted by molar-refractivity contribution is 5.78. The largest absolute Gasteiger partial charge is 0.463 e. The van der Waals surface area contributed by atoms with Gasteiger partial charge in [-0.25, -0.2) is 4.79 Å². The molecule has 0 spiro atoms. The van der Waals surface area contributed by atoms with Gasteiger partial charge < -0.3 is 14.2 Å². The smallest absolute Gasteiger partial charge is 0.338 e. The maximum atomic E-state index is 11.7. The number of hydrogen-bond donors (Lipinski definition) is 0. The minimum atomic E-state index is -0.371. The second-order valence-corrected chi connectivity index (χ2v) is 6.39. The Hall–Kier alpha value is -0.610. The average molecular weight is 284 g/mol. The molecule has 4 nitrogen and oxygen atoms in total. The third kappa shape index (κ3) is 4.74. The molecule has 0 radical (unpaired) electrons. The summed E-state index contributed by atoms with van der Waals surface area (Å²) in [6.07, 6.45) is 7.55. The van der Waals surface area contributed by atoms with Gasteiger partial charge in [0.2, 0.25) is 0 Å². The molecule has 20 heavy (non-hydrogen) atoms. The summed E-state index contributed by atoms with van der Waals surface area (Å²) in [5.41, 5.74) is 0. The number of ether oxygens (including phenoxy) is 3. The number of carbonyl (C=O) groups is 1. The Bertz CT molecular complexity index is 316. The van der Waals surface area contributed by atoms with Crippen LogP contribution in [-0.2, 0) is 19.0 Å². The molecule has 4 atom stereocenters. The number of rotatable bonds is 10. The van der Waals surface area contributed by atoms with Crippen LogP contribution in [0.2, 0.25) is 0 Å². The Morgan fingerprint density at radius 1 is 1.10 bits per heavy atom. The van der Waals surface area contributed by atoms with E-state index in [1.165, 1.54) is 32.1 Å². The lowest BCUT2D eigenvalue weighted by molar-refractivity contribution is -0.146. The number of esters is 1. The lowest BCUT2D eigenvalue weighted by atomic mass is 10.1. The normalized spacial score (nSPS) is 31.4. The van der Waals surface area contributed by atoms with Crippen LogP contribution in [0.5, 0.6) is 0 Å². The van der Waals surface area contributed by atoms with Crippen LogP contribution in [0.4, 0.5) is 0 Å². The highest BCUT2D eigenvalue weighted by atomic mass is 16.7. The predicted molar refractivity (Wildman–Crippen MR) is 76.5 cm³/mol. The number of hydrogen-bond acceptors (Lipinski definition) is 4. The van der Waals surface area contributed by atoms with Gasteiger partial charge in [-0.15, -0.1) is 0 Å². The summed E-state index contributed by atoms with van der Waals surface area (Å²) in [6.45, 7) is 6.74. The van der Waals surface area contributed by atoms with Crippen LogP contribution in [0, 0.1) is 5.92 Å². The lowest BCUT2D eigenvalue weighted by Gasteiger charge is -2.04. The van der Waals surface area contributed by atoms with Gasteiger partial charge in [0.25, 0.3) is 0 Å². The van der Waals surface area contributed by atoms with Crippen molar-refractivity contribution >= 4 is 5.97 Å². The summed E-state index contributed by atoms with van der Waals surface area (Å²) in [5, 5.41) is 0. The molecule has 0 aromatic rings. The van der Waals surface area contributed by atoms with Crippen LogP contribution in [0.15, 0.2) is 0 Å². The van der Waals surface area contributed by atoms with E-state index >= 15 is 0 Å². The number of carbonyl (C=O) groups excluding carboxylic acids is 1. The molecule has 4 unspecified atom stereocenters. The van der Waals surface area contributed by atoms with E-state index in [1.54, 1.807) is 0 Å². The molecule has 0 aromatic heterocycles. The van der Waals surface area contributed by atoms with Crippen molar-refractivity contribution in [2.45, 2.75) is 83.7 Å². The predicted octanol–water partition coefficient (Wildman–Crippen LogP) is 3.08. The number of epoxide rings is 2. The van der Waals surface area contributed by atoms with Crippen LogP contribution in [-0.4, -0.2) is 37.0 Å². The zero-order chi connectivity index (χ0) is 14.5. The molecule has 0 amide bonds. The quantitative estimate of drug-likeness (QED) is 0.351. The molecule has 2 heterocycles. The Labute approximate surface area is 122 Å². The van der Waals surface area contributed by atoms with Gasteiger partial charge in [0.15, 0.2) is 6.10 Å². The van der Waals surface area contributed by atoms with Gasteiger partial charge in [0, 0.05) is 0 Å². The first-order valence-electron chi connectivity index (χ1n) is 8.11. The van der Waals surface area contributed by atoms with E-state index < -0.39 is 0 Å². The monoisotopic (exact) mass is 284 g/mol. The first kappa shape index (κ1) is 15.8. The molecule has 4 heteroatoms. The van der Waals surface area contributed by atoms with Crippen molar-refractivity contribution in [1.29, 1.82) is 0 Å². The van der Waals surface area contributed by atoms with E-state index in [0.29, 0.717) is 18.6 Å². The van der Waals surface area contributed by atoms with E-state index in [0.717, 1.165) is 6.42 Å². The second-order valence-electron chi connectivity index (χ2n) is 6.39.